The highest BCUT2D eigenvalue weighted by atomic mass is 35.5. The van der Waals surface area contributed by atoms with Crippen LogP contribution in [0.3, 0.4) is 0 Å². The molecule has 0 aliphatic rings. The number of aromatic nitrogens is 2. The summed E-state index contributed by atoms with van der Waals surface area (Å²) < 4.78 is 6.25. The maximum absolute atomic E-state index is 6.25. The fraction of sp³-hybridized carbons (Fsp3) is 0.152. The van der Waals surface area contributed by atoms with Crippen LogP contribution in [0.15, 0.2) is 109 Å². The highest BCUT2D eigenvalue weighted by Gasteiger charge is 2.11. The highest BCUT2D eigenvalue weighted by Crippen LogP contribution is 2.36. The van der Waals surface area contributed by atoms with Crippen LogP contribution in [-0.2, 0) is 0 Å². The lowest BCUT2D eigenvalue weighted by Crippen LogP contribution is -2.04. The first kappa shape index (κ1) is 28.6. The summed E-state index contributed by atoms with van der Waals surface area (Å²) in [6.45, 7) is 1.60. The molecule has 0 saturated carbocycles. The van der Waals surface area contributed by atoms with Crippen LogP contribution in [0.5, 0.6) is 5.75 Å². The normalized spacial score (nSPS) is 10.6. The van der Waals surface area contributed by atoms with Gasteiger partial charge in [-0.25, -0.2) is 4.98 Å². The third kappa shape index (κ3) is 6.25. The number of benzene rings is 4. The van der Waals surface area contributed by atoms with E-state index in [1.165, 1.54) is 0 Å². The van der Waals surface area contributed by atoms with Crippen molar-refractivity contribution in [1.29, 1.82) is 0 Å². The molecular formula is C33H33ClN4O2. The first-order chi connectivity index (χ1) is 18.9. The number of nitrogens with zero attached hydrogens (tertiary/aromatic N) is 2. The van der Waals surface area contributed by atoms with Crippen LogP contribution in [0.2, 0.25) is 0 Å². The first-order valence-electron chi connectivity index (χ1n) is 13.2. The Labute approximate surface area is 240 Å². The van der Waals surface area contributed by atoms with Gasteiger partial charge in [0.25, 0.3) is 0 Å². The fourth-order valence-electron chi connectivity index (χ4n) is 4.86. The number of unbranched alkanes of at least 4 members (excludes halogenated alkanes) is 2. The summed E-state index contributed by atoms with van der Waals surface area (Å²) in [5.74, 6) is 0.860. The standard InChI is InChI=1S/C33H30N4O.ClH.H2O/c1(10-21-34-28-20-22-35-27-15-5-2-12-24(27)28)11-23-38-32-19-9-8-18-31(32)37-33-25-13-3-6-16-29(25)36-30-17-7-4-14-26(30)33;;/h2-9,12-20,22H,1,10-11,21,23H2,(H,34,35)(H,36,37);1H;1H2. The maximum atomic E-state index is 6.25. The summed E-state index contributed by atoms with van der Waals surface area (Å²) in [4.78, 5) is 9.28. The van der Waals surface area contributed by atoms with Crippen LogP contribution in [0.4, 0.5) is 17.1 Å². The van der Waals surface area contributed by atoms with Crippen molar-refractivity contribution in [3.05, 3.63) is 109 Å². The van der Waals surface area contributed by atoms with Crippen molar-refractivity contribution < 1.29 is 10.2 Å². The number of halogens is 1. The van der Waals surface area contributed by atoms with Gasteiger partial charge >= 0.3 is 0 Å². The van der Waals surface area contributed by atoms with Gasteiger partial charge in [0, 0.05) is 34.6 Å². The second-order valence-corrected chi connectivity index (χ2v) is 9.35. The van der Waals surface area contributed by atoms with Gasteiger partial charge in [0.05, 0.1) is 34.5 Å². The summed E-state index contributed by atoms with van der Waals surface area (Å²) in [6.07, 6.45) is 5.02. The number of hydrogen-bond acceptors (Lipinski definition) is 5. The topological polar surface area (TPSA) is 90.6 Å². The van der Waals surface area contributed by atoms with E-state index < -0.39 is 0 Å². The minimum atomic E-state index is 0. The van der Waals surface area contributed by atoms with Crippen LogP contribution in [-0.4, -0.2) is 28.6 Å². The molecule has 6 nitrogen and oxygen atoms in total. The van der Waals surface area contributed by atoms with E-state index in [1.807, 2.05) is 54.7 Å². The second kappa shape index (κ2) is 13.6. The summed E-state index contributed by atoms with van der Waals surface area (Å²) in [5.41, 5.74) is 6.12. The van der Waals surface area contributed by atoms with Gasteiger partial charge in [0.2, 0.25) is 0 Å². The number of anilines is 3. The molecule has 0 unspecified atom stereocenters. The molecule has 40 heavy (non-hydrogen) atoms. The van der Waals surface area contributed by atoms with Crippen molar-refractivity contribution in [1.82, 2.24) is 9.97 Å². The molecule has 4 N–H and O–H groups in total. The minimum absolute atomic E-state index is 0. The van der Waals surface area contributed by atoms with Gasteiger partial charge < -0.3 is 20.8 Å². The number of hydrogen-bond donors (Lipinski definition) is 2. The predicted octanol–water partition coefficient (Wildman–Crippen LogP) is 7.94. The van der Waals surface area contributed by atoms with Gasteiger partial charge in [-0.05, 0) is 55.7 Å². The van der Waals surface area contributed by atoms with Gasteiger partial charge in [-0.3, -0.25) is 4.98 Å². The zero-order valence-corrected chi connectivity index (χ0v) is 23.0. The number of rotatable bonds is 10. The van der Waals surface area contributed by atoms with E-state index in [4.69, 9.17) is 9.72 Å². The Balaban J connectivity index is 0.00000185. The van der Waals surface area contributed by atoms with Crippen molar-refractivity contribution >= 4 is 62.2 Å². The largest absolute Gasteiger partial charge is 0.491 e. The molecule has 0 aliphatic carbocycles. The van der Waals surface area contributed by atoms with Gasteiger partial charge in [-0.15, -0.1) is 12.4 Å². The summed E-state index contributed by atoms with van der Waals surface area (Å²) in [7, 11) is 0. The maximum Gasteiger partial charge on any atom is 0.142 e. The fourth-order valence-corrected chi connectivity index (χ4v) is 4.86. The van der Waals surface area contributed by atoms with E-state index >= 15 is 0 Å². The third-order valence-electron chi connectivity index (χ3n) is 6.78. The van der Waals surface area contributed by atoms with E-state index in [-0.39, 0.29) is 17.9 Å². The molecule has 0 radical (unpaired) electrons. The number of ether oxygens (including phenoxy) is 1. The smallest absolute Gasteiger partial charge is 0.142 e. The molecular weight excluding hydrogens is 520 g/mol. The molecule has 7 heteroatoms. The number of fused-ring (bicyclic) bond motifs is 3. The van der Waals surface area contributed by atoms with Crippen LogP contribution < -0.4 is 15.4 Å². The molecule has 2 heterocycles. The van der Waals surface area contributed by atoms with Gasteiger partial charge in [0.15, 0.2) is 0 Å². The molecule has 0 bridgehead atoms. The Kier molecular flexibility index (Phi) is 9.73. The van der Waals surface area contributed by atoms with E-state index in [2.05, 4.69) is 70.2 Å². The van der Waals surface area contributed by atoms with E-state index in [0.717, 1.165) is 81.3 Å². The Morgan fingerprint density at radius 1 is 0.600 bits per heavy atom. The van der Waals surface area contributed by atoms with Gasteiger partial charge in [-0.1, -0.05) is 66.7 Å². The van der Waals surface area contributed by atoms with Crippen LogP contribution >= 0.6 is 12.4 Å². The minimum Gasteiger partial charge on any atom is -0.491 e. The molecule has 0 spiro atoms. The third-order valence-corrected chi connectivity index (χ3v) is 6.78. The molecule has 6 aromatic rings. The Hall–Kier alpha value is -4.39. The lowest BCUT2D eigenvalue weighted by atomic mass is 10.1. The lowest BCUT2D eigenvalue weighted by Gasteiger charge is -2.16. The molecule has 204 valence electrons. The monoisotopic (exact) mass is 552 g/mol. The van der Waals surface area contributed by atoms with E-state index in [1.54, 1.807) is 0 Å². The van der Waals surface area contributed by atoms with Crippen LogP contribution in [0.1, 0.15) is 19.3 Å². The molecule has 2 aromatic heterocycles. The van der Waals surface area contributed by atoms with E-state index in [9.17, 15) is 0 Å². The lowest BCUT2D eigenvalue weighted by molar-refractivity contribution is 0.307. The molecule has 0 saturated heterocycles. The number of pyridine rings is 2. The molecule has 0 aliphatic heterocycles. The van der Waals surface area contributed by atoms with Crippen molar-refractivity contribution in [2.24, 2.45) is 0 Å². The van der Waals surface area contributed by atoms with Crippen LogP contribution in [0, 0.1) is 0 Å². The summed E-state index contributed by atoms with van der Waals surface area (Å²) in [6, 6.07) is 34.9. The number of nitrogens with one attached hydrogen (secondary N) is 2. The Bertz CT molecular complexity index is 1650. The first-order valence-corrected chi connectivity index (χ1v) is 13.2. The average Bonchev–Trinajstić information content (AvgIpc) is 2.97. The zero-order valence-electron chi connectivity index (χ0n) is 22.1. The Morgan fingerprint density at radius 2 is 1.23 bits per heavy atom. The van der Waals surface area contributed by atoms with E-state index in [0.29, 0.717) is 6.61 Å². The Morgan fingerprint density at radius 3 is 1.98 bits per heavy atom. The van der Waals surface area contributed by atoms with Crippen molar-refractivity contribution in [2.45, 2.75) is 19.3 Å². The number of para-hydroxylation sites is 5. The highest BCUT2D eigenvalue weighted by molar-refractivity contribution is 6.08. The van der Waals surface area contributed by atoms with Crippen molar-refractivity contribution in [3.63, 3.8) is 0 Å². The summed E-state index contributed by atoms with van der Waals surface area (Å²) >= 11 is 0. The predicted molar refractivity (Wildman–Crippen MR) is 169 cm³/mol. The van der Waals surface area contributed by atoms with Crippen molar-refractivity contribution in [2.75, 3.05) is 23.8 Å². The SMILES string of the molecule is Cl.O.c1ccc(OCCCCCNc2ccnc3ccccc23)c(Nc2c3ccccc3nc3ccccc23)c1. The second-order valence-electron chi connectivity index (χ2n) is 9.35. The molecule has 6 rings (SSSR count). The molecule has 0 fully saturated rings. The molecule has 4 aromatic carbocycles. The van der Waals surface area contributed by atoms with Crippen LogP contribution in [0.25, 0.3) is 32.7 Å². The average molecular weight is 553 g/mol. The molecule has 0 amide bonds. The quantitative estimate of drug-likeness (QED) is 0.133. The van der Waals surface area contributed by atoms with Crippen molar-refractivity contribution in [3.8, 4) is 5.75 Å². The van der Waals surface area contributed by atoms with Gasteiger partial charge in [-0.2, -0.15) is 0 Å². The van der Waals surface area contributed by atoms with Gasteiger partial charge in [0.1, 0.15) is 5.75 Å². The zero-order chi connectivity index (χ0) is 25.6. The molecule has 0 atom stereocenters. The summed E-state index contributed by atoms with van der Waals surface area (Å²) in [5, 5.41) is 10.6.